The molecule has 178 valence electrons. The first-order valence-corrected chi connectivity index (χ1v) is 11.5. The Morgan fingerprint density at radius 3 is 0.944 bits per heavy atom. The van der Waals surface area contributed by atoms with Crippen LogP contribution in [0.5, 0.6) is 23.0 Å². The number of hydrogen-bond acceptors (Lipinski definition) is 5. The monoisotopic (exact) mass is 496 g/mol. The van der Waals surface area contributed by atoms with Gasteiger partial charge in [-0.1, -0.05) is 72.8 Å². The Balaban J connectivity index is 0.000000158. The molecule has 0 unspecified atom stereocenters. The number of ether oxygens (including phenoxy) is 2. The summed E-state index contributed by atoms with van der Waals surface area (Å²) in [4.78, 5) is 22.8. The standard InChI is InChI=1S/2C14H10O3.Al.H2O/c2*15-14(16)13-9-5-1-3-7-11(9)17-12-8-4-2-6-10(12)13;;/h2*1-8,13H,(H,15,16);;1H2/q;;+1;/p-1. The van der Waals surface area contributed by atoms with Gasteiger partial charge in [0.05, 0.1) is 0 Å². The number of benzene rings is 4. The summed E-state index contributed by atoms with van der Waals surface area (Å²) in [6.07, 6.45) is 0. The molecular weight excluding hydrogens is 475 g/mol. The van der Waals surface area contributed by atoms with Crippen LogP contribution in [-0.2, 0) is 9.59 Å². The molecule has 0 spiro atoms. The first kappa shape index (κ1) is 25.0. The third-order valence-electron chi connectivity index (χ3n) is 5.85. The van der Waals surface area contributed by atoms with Gasteiger partial charge in [0.15, 0.2) is 0 Å². The maximum atomic E-state index is 11.4. The lowest BCUT2D eigenvalue weighted by molar-refractivity contribution is -0.138. The second-order valence-electron chi connectivity index (χ2n) is 7.90. The fourth-order valence-electron chi connectivity index (χ4n) is 4.35. The van der Waals surface area contributed by atoms with E-state index in [0.29, 0.717) is 45.3 Å². The highest BCUT2D eigenvalue weighted by atomic mass is 27.1. The van der Waals surface area contributed by atoms with Gasteiger partial charge in [0.2, 0.25) is 0 Å². The van der Waals surface area contributed by atoms with Crippen LogP contribution in [0.4, 0.5) is 0 Å². The minimum absolute atomic E-state index is 0.624. The van der Waals surface area contributed by atoms with Gasteiger partial charge in [-0.15, -0.1) is 0 Å². The van der Waals surface area contributed by atoms with E-state index in [9.17, 15) is 19.8 Å². The Bertz CT molecular complexity index is 1200. The minimum atomic E-state index is -0.854. The fraction of sp³-hybridized carbons (Fsp3) is 0.0714. The molecule has 7 nitrogen and oxygen atoms in total. The van der Waals surface area contributed by atoms with Crippen molar-refractivity contribution in [1.29, 1.82) is 0 Å². The molecule has 2 aliphatic rings. The summed E-state index contributed by atoms with van der Waals surface area (Å²) < 4.78 is 18.3. The zero-order valence-electron chi connectivity index (χ0n) is 18.9. The zero-order chi connectivity index (χ0) is 25.7. The molecular formula is C28H21AlO7. The highest BCUT2D eigenvalue weighted by molar-refractivity contribution is 5.95. The number of para-hydroxylation sites is 4. The Labute approximate surface area is 215 Å². The van der Waals surface area contributed by atoms with Gasteiger partial charge < -0.3 is 23.8 Å². The molecule has 0 aliphatic carbocycles. The smallest absolute Gasteiger partial charge is 0.363 e. The topological polar surface area (TPSA) is 113 Å². The molecule has 0 saturated heterocycles. The minimum Gasteiger partial charge on any atom is -0.529 e. The van der Waals surface area contributed by atoms with E-state index in [-0.39, 0.29) is 0 Å². The van der Waals surface area contributed by atoms with Gasteiger partial charge in [0, 0.05) is 22.3 Å². The van der Waals surface area contributed by atoms with Crippen LogP contribution in [-0.4, -0.2) is 42.9 Å². The van der Waals surface area contributed by atoms with E-state index in [1.165, 1.54) is 16.6 Å². The molecule has 4 aromatic rings. The van der Waals surface area contributed by atoms with Gasteiger partial charge in [0.1, 0.15) is 34.8 Å². The average Bonchev–Trinajstić information content (AvgIpc) is 2.91. The van der Waals surface area contributed by atoms with Crippen molar-refractivity contribution in [3.05, 3.63) is 119 Å². The first-order valence-electron chi connectivity index (χ1n) is 11.0. The predicted molar refractivity (Wildman–Crippen MR) is 133 cm³/mol. The maximum Gasteiger partial charge on any atom is 0.363 e. The predicted octanol–water partition coefficient (Wildman–Crippen LogP) is 5.08. The van der Waals surface area contributed by atoms with Crippen LogP contribution in [0.3, 0.4) is 0 Å². The number of carbonyl (C=O) groups is 2. The number of rotatable bonds is 2. The van der Waals surface area contributed by atoms with Crippen molar-refractivity contribution in [2.75, 3.05) is 0 Å². The lowest BCUT2D eigenvalue weighted by Crippen LogP contribution is -2.18. The van der Waals surface area contributed by atoms with Crippen molar-refractivity contribution in [3.8, 4) is 23.0 Å². The number of hydrogen-bond donors (Lipinski definition) is 3. The van der Waals surface area contributed by atoms with Crippen molar-refractivity contribution >= 4 is 28.6 Å². The van der Waals surface area contributed by atoms with Crippen LogP contribution in [0.15, 0.2) is 97.1 Å². The lowest BCUT2D eigenvalue weighted by Gasteiger charge is -2.25. The summed E-state index contributed by atoms with van der Waals surface area (Å²) in [5.41, 5.74) is 2.83. The van der Waals surface area contributed by atoms with E-state index in [0.717, 1.165) is 0 Å². The van der Waals surface area contributed by atoms with Crippen LogP contribution in [0, 0.1) is 0 Å². The molecule has 6 rings (SSSR count). The molecule has 8 heteroatoms. The maximum absolute atomic E-state index is 11.4. The van der Waals surface area contributed by atoms with E-state index < -0.39 is 23.8 Å². The Morgan fingerprint density at radius 1 is 0.500 bits per heavy atom. The molecule has 0 bridgehead atoms. The fourth-order valence-corrected chi connectivity index (χ4v) is 4.35. The Hall–Kier alpha value is -4.09. The van der Waals surface area contributed by atoms with E-state index in [2.05, 4.69) is 0 Å². The highest BCUT2D eigenvalue weighted by Gasteiger charge is 2.33. The Morgan fingerprint density at radius 2 is 0.722 bits per heavy atom. The summed E-state index contributed by atoms with van der Waals surface area (Å²) in [6.45, 7) is 0. The quantitative estimate of drug-likeness (QED) is 0.332. The lowest BCUT2D eigenvalue weighted by atomic mass is 9.88. The van der Waals surface area contributed by atoms with Crippen LogP contribution < -0.4 is 9.47 Å². The van der Waals surface area contributed by atoms with Crippen LogP contribution in [0.2, 0.25) is 0 Å². The van der Waals surface area contributed by atoms with Crippen LogP contribution in [0.25, 0.3) is 0 Å². The Kier molecular flexibility index (Phi) is 7.72. The average molecular weight is 496 g/mol. The molecule has 4 aromatic carbocycles. The third-order valence-corrected chi connectivity index (χ3v) is 5.85. The van der Waals surface area contributed by atoms with Gasteiger partial charge in [-0.3, -0.25) is 9.59 Å². The first-order chi connectivity index (χ1) is 17.5. The summed E-state index contributed by atoms with van der Waals surface area (Å²) in [5.74, 6) is -0.497. The second-order valence-corrected chi connectivity index (χ2v) is 7.90. The van der Waals surface area contributed by atoms with Gasteiger partial charge in [-0.25, -0.2) is 0 Å². The number of carboxylic acids is 2. The molecule has 2 heterocycles. The molecule has 0 aromatic heterocycles. The highest BCUT2D eigenvalue weighted by Crippen LogP contribution is 2.44. The van der Waals surface area contributed by atoms with E-state index >= 15 is 0 Å². The van der Waals surface area contributed by atoms with E-state index in [4.69, 9.17) is 13.6 Å². The summed E-state index contributed by atoms with van der Waals surface area (Å²) in [6, 6.07) is 29.0. The molecule has 0 saturated carbocycles. The molecule has 0 atom stereocenters. The van der Waals surface area contributed by atoms with Gasteiger partial charge in [0.25, 0.3) is 0 Å². The number of fused-ring (bicyclic) bond motifs is 4. The van der Waals surface area contributed by atoms with Crippen molar-refractivity contribution in [3.63, 3.8) is 0 Å². The van der Waals surface area contributed by atoms with Crippen LogP contribution >= 0.6 is 0 Å². The SMILES string of the molecule is O=C(O)C1c2ccccc2Oc2ccccc21.O=C(O)C1c2ccccc2Oc2ccccc21.[OH][Al]. The van der Waals surface area contributed by atoms with Gasteiger partial charge >= 0.3 is 28.6 Å². The molecule has 3 N–H and O–H groups in total. The third kappa shape index (κ3) is 4.84. The largest absolute Gasteiger partial charge is 0.529 e. The van der Waals surface area contributed by atoms with Crippen molar-refractivity contribution in [2.24, 2.45) is 0 Å². The van der Waals surface area contributed by atoms with Crippen molar-refractivity contribution < 1.29 is 33.4 Å². The van der Waals surface area contributed by atoms with Gasteiger partial charge in [-0.2, -0.15) is 0 Å². The summed E-state index contributed by atoms with van der Waals surface area (Å²) >= 11 is 1.42. The van der Waals surface area contributed by atoms with E-state index in [1.54, 1.807) is 48.5 Å². The van der Waals surface area contributed by atoms with Crippen molar-refractivity contribution in [2.45, 2.75) is 11.8 Å². The molecule has 0 amide bonds. The second kappa shape index (κ2) is 11.1. The normalized spacial score (nSPS) is 12.8. The summed E-state index contributed by atoms with van der Waals surface area (Å²) in [7, 11) is 0. The number of aliphatic carboxylic acids is 2. The van der Waals surface area contributed by atoms with Gasteiger partial charge in [-0.05, 0) is 24.3 Å². The van der Waals surface area contributed by atoms with E-state index in [1.807, 2.05) is 48.5 Å². The van der Waals surface area contributed by atoms with Crippen LogP contribution in [0.1, 0.15) is 34.1 Å². The molecule has 0 fully saturated rings. The summed E-state index contributed by atoms with van der Waals surface area (Å²) in [5, 5.41) is 18.8. The molecule has 36 heavy (non-hydrogen) atoms. The van der Waals surface area contributed by atoms with Crippen molar-refractivity contribution in [1.82, 2.24) is 0 Å². The zero-order valence-corrected chi connectivity index (χ0v) is 20.1. The molecule has 2 radical (unpaired) electrons. The number of carboxylic acid groups (broad SMARTS) is 2. The molecule has 2 aliphatic heterocycles.